The van der Waals surface area contributed by atoms with Gasteiger partial charge in [-0.3, -0.25) is 0 Å². The zero-order valence-corrected chi connectivity index (χ0v) is 38.4. The quantitative estimate of drug-likeness (QED) is 0.0904. The van der Waals surface area contributed by atoms with E-state index < -0.39 is 217 Å². The fraction of sp³-hybridized carbons (Fsp3) is 1.00. The minimum absolute atomic E-state index is 0.0289. The highest BCUT2D eigenvalue weighted by Gasteiger charge is 2.58. The van der Waals surface area contributed by atoms with Crippen molar-refractivity contribution in [3.63, 3.8) is 0 Å². The van der Waals surface area contributed by atoms with Gasteiger partial charge < -0.3 is 144 Å². The number of aliphatic hydroxyl groups is 17. The van der Waals surface area contributed by atoms with Gasteiger partial charge in [-0.1, -0.05) is 13.3 Å². The maximum atomic E-state index is 11.6. The molecule has 22 aliphatic rings. The molecule has 22 fully saturated rings. The van der Waals surface area contributed by atoms with E-state index in [9.17, 15) is 86.8 Å². The Morgan fingerprint density at radius 1 is 0.286 bits per heavy atom. The molecule has 30 atom stereocenters. The summed E-state index contributed by atoms with van der Waals surface area (Å²) in [4.78, 5) is 0. The molecule has 30 heteroatoms. The van der Waals surface area contributed by atoms with Crippen LogP contribution in [0.2, 0.25) is 0 Å². The van der Waals surface area contributed by atoms with Crippen LogP contribution in [-0.2, 0) is 56.8 Å². The molecule has 22 rings (SSSR count). The van der Waals surface area contributed by atoms with Crippen LogP contribution in [0, 0.1) is 0 Å². The minimum atomic E-state index is -2.14. The van der Waals surface area contributed by atoms with Crippen molar-refractivity contribution in [1.82, 2.24) is 0 Å². The van der Waals surface area contributed by atoms with Crippen molar-refractivity contribution in [3.05, 3.63) is 0 Å². The van der Waals surface area contributed by atoms with Gasteiger partial charge in [0.25, 0.3) is 0 Å². The third-order valence-corrected chi connectivity index (χ3v) is 14.6. The second-order valence-corrected chi connectivity index (χ2v) is 19.2. The largest absolute Gasteiger partial charge is 0.394 e. The highest BCUT2D eigenvalue weighted by Crippen LogP contribution is 2.38. The van der Waals surface area contributed by atoms with E-state index in [1.807, 2.05) is 6.92 Å². The average Bonchev–Trinajstić information content (AvgIpc) is 3.35. The third-order valence-electron chi connectivity index (χ3n) is 13.4. The Hall–Kier alpha value is -0.810. The molecule has 70 heavy (non-hydrogen) atoms. The van der Waals surface area contributed by atoms with Crippen LogP contribution in [0.1, 0.15) is 19.8 Å². The highest BCUT2D eigenvalue weighted by atomic mass is 32.2. The predicted octanol–water partition coefficient (Wildman–Crippen LogP) is -10.5. The van der Waals surface area contributed by atoms with Crippen LogP contribution in [0.5, 0.6) is 0 Å². The topological polar surface area (TPSA) is 455 Å². The normalized spacial score (nSPS) is 52.9. The highest BCUT2D eigenvalue weighted by molar-refractivity contribution is 7.99. The van der Waals surface area contributed by atoms with Crippen molar-refractivity contribution in [3.8, 4) is 0 Å². The van der Waals surface area contributed by atoms with E-state index in [2.05, 4.69) is 0 Å². The van der Waals surface area contributed by atoms with Gasteiger partial charge in [-0.05, 0) is 12.2 Å². The molecule has 408 valence electrons. The van der Waals surface area contributed by atoms with Gasteiger partial charge in [0.15, 0.2) is 37.7 Å². The molecule has 0 amide bonds. The van der Waals surface area contributed by atoms with E-state index in [4.69, 9.17) is 56.8 Å². The maximum absolute atomic E-state index is 11.6. The molecular formula is C40H68O29S. The Morgan fingerprint density at radius 2 is 0.486 bits per heavy atom. The summed E-state index contributed by atoms with van der Waals surface area (Å²) in [6.07, 6.45) is -55.0. The van der Waals surface area contributed by atoms with Gasteiger partial charge in [0, 0.05) is 5.75 Å². The Balaban J connectivity index is 1.20. The van der Waals surface area contributed by atoms with E-state index in [-0.39, 0.29) is 5.75 Å². The molecule has 0 spiro atoms. The van der Waals surface area contributed by atoms with Crippen molar-refractivity contribution in [2.45, 2.75) is 204 Å². The van der Waals surface area contributed by atoms with Crippen molar-refractivity contribution < 1.29 is 144 Å². The van der Waals surface area contributed by atoms with Gasteiger partial charge >= 0.3 is 0 Å². The maximum Gasteiger partial charge on any atom is 0.187 e. The third kappa shape index (κ3) is 11.6. The molecule has 22 heterocycles. The van der Waals surface area contributed by atoms with Crippen LogP contribution in [0.25, 0.3) is 0 Å². The lowest BCUT2D eigenvalue weighted by Gasteiger charge is -2.50. The molecule has 22 saturated heterocycles. The summed E-state index contributed by atoms with van der Waals surface area (Å²) in [5, 5.41) is 188. The molecule has 17 N–H and O–H groups in total. The lowest BCUT2D eigenvalue weighted by molar-refractivity contribution is -0.402. The number of hydrogen-bond donors (Lipinski definition) is 17. The SMILES string of the molecule is CCCCSC[C@H]1O[C@@H]2O[C@H]3[C@H](O)[C@@H](O)[C@@H](O[C@H]4[C@H](O)[C@@H](O)[C@@H](O[C@H]5[C@H](O)[C@@H](O)[C@@H](O[C@H]6[C@H](O)[C@@H](O)[C@@H](O[C@H]7[C@H](O)[C@@H](O)[C@@H](O[C@H]1[C@H](O)[C@H]2O)O[C@@H]7CO)O[C@@H]6CO)O[C@@H]5CO)O[C@@H]4CO)O[C@@H]3CO. The Morgan fingerprint density at radius 3 is 0.686 bits per heavy atom. The summed E-state index contributed by atoms with van der Waals surface area (Å²) in [7, 11) is 0. The molecule has 29 nitrogen and oxygen atoms in total. The van der Waals surface area contributed by atoms with E-state index >= 15 is 0 Å². The van der Waals surface area contributed by atoms with E-state index in [1.165, 1.54) is 11.8 Å². The first-order chi connectivity index (χ1) is 33.4. The summed E-state index contributed by atoms with van der Waals surface area (Å²) in [6.45, 7) is -2.90. The summed E-state index contributed by atoms with van der Waals surface area (Å²) >= 11 is 1.33. The number of thioether (sulfide) groups is 1. The van der Waals surface area contributed by atoms with E-state index in [0.717, 1.165) is 12.8 Å². The Bertz CT molecular complexity index is 1590. The second kappa shape index (κ2) is 24.9. The molecule has 0 radical (unpaired) electrons. The molecule has 0 aromatic rings. The van der Waals surface area contributed by atoms with Gasteiger partial charge in [0.2, 0.25) is 0 Å². The smallest absolute Gasteiger partial charge is 0.187 e. The van der Waals surface area contributed by atoms with Crippen LogP contribution < -0.4 is 0 Å². The number of ether oxygens (including phenoxy) is 12. The predicted molar refractivity (Wildman–Crippen MR) is 221 cm³/mol. The lowest BCUT2D eigenvalue weighted by Crippen LogP contribution is -2.69. The molecule has 0 aliphatic carbocycles. The van der Waals surface area contributed by atoms with Crippen molar-refractivity contribution in [2.24, 2.45) is 0 Å². The first-order valence-corrected chi connectivity index (χ1v) is 24.2. The van der Waals surface area contributed by atoms with Gasteiger partial charge in [0.05, 0.1) is 39.1 Å². The molecular weight excluding hydrogens is 976 g/mol. The van der Waals surface area contributed by atoms with Crippen LogP contribution in [0.3, 0.4) is 0 Å². The molecule has 0 aromatic heterocycles. The van der Waals surface area contributed by atoms with Crippen LogP contribution >= 0.6 is 11.8 Å². The zero-order valence-electron chi connectivity index (χ0n) is 37.6. The fourth-order valence-electron chi connectivity index (χ4n) is 9.36. The minimum Gasteiger partial charge on any atom is -0.394 e. The van der Waals surface area contributed by atoms with Gasteiger partial charge in [-0.15, -0.1) is 0 Å². The first kappa shape index (κ1) is 56.9. The standard InChI is InChI=1S/C40H68O29S/c1-2-3-4-70-10-16-34-22(51)28(57)40(63-16)68-33-15(9-45)61-38(26(55)20(33)49)66-31-13(7-43)59-36(24(53)18(31)47)64-29-11(5-41)58-35(23(52)17(29)46)65-30-12(6-42)60-37(25(54)19(30)48)67-32-14(8-44)62-39(69-34)27(56)21(32)50/h11-57H,2-10H2,1H3/t11-,12-,13-,14-,15-,16-,17-,18-,19-,20-,21-,22-,23-,24-,25-,26-,27-,28-,29-,30-,31-,32-,33-,34-,35-,36-,37-,38-,39-,40-/m1/s1. The van der Waals surface area contributed by atoms with Gasteiger partial charge in [-0.2, -0.15) is 11.8 Å². The zero-order chi connectivity index (χ0) is 50.9. The average molecular weight is 1050 g/mol. The van der Waals surface area contributed by atoms with E-state index in [1.54, 1.807) is 0 Å². The lowest BCUT2D eigenvalue weighted by atomic mass is 9.95. The van der Waals surface area contributed by atoms with E-state index in [0.29, 0.717) is 5.75 Å². The van der Waals surface area contributed by atoms with Crippen LogP contribution in [0.4, 0.5) is 0 Å². The summed E-state index contributed by atoms with van der Waals surface area (Å²) in [6, 6.07) is 0. The summed E-state index contributed by atoms with van der Waals surface area (Å²) in [5.74, 6) is 0.608. The molecule has 12 bridgehead atoms. The van der Waals surface area contributed by atoms with Crippen LogP contribution in [-0.4, -0.2) is 316 Å². The summed E-state index contributed by atoms with van der Waals surface area (Å²) < 4.78 is 69.5. The molecule has 0 aromatic carbocycles. The Kier molecular flexibility index (Phi) is 20.2. The van der Waals surface area contributed by atoms with Crippen molar-refractivity contribution in [2.75, 3.05) is 44.5 Å². The fourth-order valence-corrected chi connectivity index (χ4v) is 10.5. The molecule has 0 saturated carbocycles. The second-order valence-electron chi connectivity index (χ2n) is 18.1. The Labute approximate surface area is 403 Å². The number of aliphatic hydroxyl groups excluding tert-OH is 17. The summed E-state index contributed by atoms with van der Waals surface area (Å²) in [5.41, 5.74) is 0. The van der Waals surface area contributed by atoms with Crippen molar-refractivity contribution in [1.29, 1.82) is 0 Å². The van der Waals surface area contributed by atoms with Gasteiger partial charge in [0.1, 0.15) is 140 Å². The molecule has 22 aliphatic heterocycles. The monoisotopic (exact) mass is 1040 g/mol. The number of unbranched alkanes of at least 4 members (excludes halogenated alkanes) is 1. The van der Waals surface area contributed by atoms with Crippen LogP contribution in [0.15, 0.2) is 0 Å². The number of rotatable bonds is 10. The van der Waals surface area contributed by atoms with Crippen molar-refractivity contribution >= 4 is 11.8 Å². The van der Waals surface area contributed by atoms with Gasteiger partial charge in [-0.25, -0.2) is 0 Å². The molecule has 0 unspecified atom stereocenters. The first-order valence-electron chi connectivity index (χ1n) is 23.1. The number of hydrogen-bond acceptors (Lipinski definition) is 30.